The first-order chi connectivity index (χ1) is 8.50. The van der Waals surface area contributed by atoms with E-state index in [9.17, 15) is 4.79 Å². The van der Waals surface area contributed by atoms with Gasteiger partial charge in [-0.25, -0.2) is 0 Å². The van der Waals surface area contributed by atoms with Crippen molar-refractivity contribution < 1.29 is 14.3 Å². The van der Waals surface area contributed by atoms with E-state index >= 15 is 0 Å². The monoisotopic (exact) mass is 290 g/mol. The summed E-state index contributed by atoms with van der Waals surface area (Å²) in [5.41, 5.74) is 0.422. The van der Waals surface area contributed by atoms with Crippen LogP contribution < -0.4 is 0 Å². The maximum atomic E-state index is 11.8. The number of hydrogen-bond donors (Lipinski definition) is 0. The minimum atomic E-state index is -0.166. The molecule has 0 amide bonds. The molecule has 0 N–H and O–H groups in total. The zero-order valence-corrected chi connectivity index (χ0v) is 11.9. The summed E-state index contributed by atoms with van der Waals surface area (Å²) < 4.78 is 10.5. The molecule has 0 unspecified atom stereocenters. The third-order valence-electron chi connectivity index (χ3n) is 2.14. The van der Waals surface area contributed by atoms with E-state index in [-0.39, 0.29) is 18.5 Å². The molecule has 100 valence electrons. The van der Waals surface area contributed by atoms with Gasteiger partial charge in [-0.05, 0) is 32.0 Å². The largest absolute Gasteiger partial charge is 0.376 e. The number of carbonyl (C=O) groups is 1. The van der Waals surface area contributed by atoms with Crippen LogP contribution in [-0.2, 0) is 9.47 Å². The standard InChI is InChI=1S/C13H16Cl2O3/c1-9(2)18-6-5-17-8-13(16)11-4-3-10(14)7-12(11)15/h3-4,7,9H,5-6,8H2,1-2H3. The number of ketones is 1. The summed E-state index contributed by atoms with van der Waals surface area (Å²) in [5, 5.41) is 0.845. The summed E-state index contributed by atoms with van der Waals surface area (Å²) in [7, 11) is 0. The number of carbonyl (C=O) groups excluding carboxylic acids is 1. The molecule has 0 saturated heterocycles. The number of benzene rings is 1. The van der Waals surface area contributed by atoms with E-state index in [0.717, 1.165) is 0 Å². The lowest BCUT2D eigenvalue weighted by atomic mass is 10.1. The molecule has 5 heteroatoms. The van der Waals surface area contributed by atoms with E-state index in [1.54, 1.807) is 12.1 Å². The van der Waals surface area contributed by atoms with Crippen LogP contribution in [0.3, 0.4) is 0 Å². The zero-order valence-electron chi connectivity index (χ0n) is 10.4. The zero-order chi connectivity index (χ0) is 13.5. The first-order valence-corrected chi connectivity index (χ1v) is 6.44. The third kappa shape index (κ3) is 5.36. The summed E-state index contributed by atoms with van der Waals surface area (Å²) in [6, 6.07) is 4.77. The highest BCUT2D eigenvalue weighted by molar-refractivity contribution is 6.36. The Morgan fingerprint density at radius 3 is 2.61 bits per heavy atom. The average molecular weight is 291 g/mol. The van der Waals surface area contributed by atoms with Gasteiger partial charge in [0.15, 0.2) is 5.78 Å². The lowest BCUT2D eigenvalue weighted by Gasteiger charge is -2.08. The predicted octanol–water partition coefficient (Wildman–Crippen LogP) is 3.62. The van der Waals surface area contributed by atoms with Gasteiger partial charge in [0, 0.05) is 10.6 Å². The van der Waals surface area contributed by atoms with Gasteiger partial charge in [0.1, 0.15) is 6.61 Å². The lowest BCUT2D eigenvalue weighted by molar-refractivity contribution is 0.0208. The Labute approximate surface area is 117 Å². The Balaban J connectivity index is 2.36. The molecule has 0 aliphatic carbocycles. The average Bonchev–Trinajstić information content (AvgIpc) is 2.27. The van der Waals surface area contributed by atoms with E-state index in [1.807, 2.05) is 13.8 Å². The Bertz CT molecular complexity index is 405. The van der Waals surface area contributed by atoms with E-state index in [4.69, 9.17) is 32.7 Å². The number of ether oxygens (including phenoxy) is 2. The Morgan fingerprint density at radius 2 is 2.00 bits per heavy atom. The molecule has 0 aliphatic heterocycles. The summed E-state index contributed by atoms with van der Waals surface area (Å²) in [6.45, 7) is 4.73. The Hall–Kier alpha value is -0.610. The van der Waals surface area contributed by atoms with Gasteiger partial charge in [0.25, 0.3) is 0 Å². The van der Waals surface area contributed by atoms with Gasteiger partial charge in [-0.3, -0.25) is 4.79 Å². The number of hydrogen-bond acceptors (Lipinski definition) is 3. The molecular weight excluding hydrogens is 275 g/mol. The van der Waals surface area contributed by atoms with Crippen molar-refractivity contribution in [3.05, 3.63) is 33.8 Å². The SMILES string of the molecule is CC(C)OCCOCC(=O)c1ccc(Cl)cc1Cl. The molecule has 1 aromatic rings. The molecule has 0 spiro atoms. The van der Waals surface area contributed by atoms with Crippen molar-refractivity contribution in [2.24, 2.45) is 0 Å². The van der Waals surface area contributed by atoms with Gasteiger partial charge in [-0.2, -0.15) is 0 Å². The molecule has 0 aromatic heterocycles. The smallest absolute Gasteiger partial charge is 0.189 e. The molecule has 1 rings (SSSR count). The minimum Gasteiger partial charge on any atom is -0.376 e. The maximum absolute atomic E-state index is 11.8. The molecule has 0 radical (unpaired) electrons. The normalized spacial score (nSPS) is 10.9. The van der Waals surface area contributed by atoms with E-state index in [2.05, 4.69) is 0 Å². The van der Waals surface area contributed by atoms with Crippen molar-refractivity contribution in [3.8, 4) is 0 Å². The van der Waals surface area contributed by atoms with E-state index in [0.29, 0.717) is 28.8 Å². The summed E-state index contributed by atoms with van der Waals surface area (Å²) in [6.07, 6.45) is 0.162. The van der Waals surface area contributed by atoms with Crippen LogP contribution >= 0.6 is 23.2 Å². The van der Waals surface area contributed by atoms with Crippen molar-refractivity contribution >= 4 is 29.0 Å². The van der Waals surface area contributed by atoms with Crippen molar-refractivity contribution in [3.63, 3.8) is 0 Å². The fraction of sp³-hybridized carbons (Fsp3) is 0.462. The van der Waals surface area contributed by atoms with Gasteiger partial charge < -0.3 is 9.47 Å². The summed E-state index contributed by atoms with van der Waals surface area (Å²) in [4.78, 5) is 11.8. The number of Topliss-reactive ketones (excluding diaryl/α,β-unsaturated/α-hetero) is 1. The topological polar surface area (TPSA) is 35.5 Å². The van der Waals surface area contributed by atoms with Gasteiger partial charge >= 0.3 is 0 Å². The summed E-state index contributed by atoms with van der Waals surface area (Å²) >= 11 is 11.7. The Morgan fingerprint density at radius 1 is 1.28 bits per heavy atom. The second kappa shape index (κ2) is 7.74. The molecule has 0 bridgehead atoms. The van der Waals surface area contributed by atoms with Gasteiger partial charge in [-0.15, -0.1) is 0 Å². The Kier molecular flexibility index (Phi) is 6.65. The second-order valence-electron chi connectivity index (χ2n) is 4.02. The number of halogens is 2. The van der Waals surface area contributed by atoms with E-state index < -0.39 is 0 Å². The van der Waals surface area contributed by atoms with Crippen LogP contribution in [0.2, 0.25) is 10.0 Å². The van der Waals surface area contributed by atoms with Gasteiger partial charge in [0.05, 0.1) is 24.3 Å². The van der Waals surface area contributed by atoms with Crippen molar-refractivity contribution in [1.82, 2.24) is 0 Å². The molecule has 18 heavy (non-hydrogen) atoms. The maximum Gasteiger partial charge on any atom is 0.189 e. The van der Waals surface area contributed by atoms with Crippen LogP contribution in [0.5, 0.6) is 0 Å². The van der Waals surface area contributed by atoms with Crippen molar-refractivity contribution in [1.29, 1.82) is 0 Å². The van der Waals surface area contributed by atoms with Crippen LogP contribution in [0.4, 0.5) is 0 Å². The lowest BCUT2D eigenvalue weighted by Crippen LogP contribution is -2.14. The fourth-order valence-corrected chi connectivity index (χ4v) is 1.81. The molecule has 0 aliphatic rings. The van der Waals surface area contributed by atoms with E-state index in [1.165, 1.54) is 6.07 Å². The van der Waals surface area contributed by atoms with Crippen LogP contribution in [0.1, 0.15) is 24.2 Å². The minimum absolute atomic E-state index is 0.0111. The highest BCUT2D eigenvalue weighted by Crippen LogP contribution is 2.21. The summed E-state index contributed by atoms with van der Waals surface area (Å²) in [5.74, 6) is -0.166. The van der Waals surface area contributed by atoms with Crippen LogP contribution in [0.25, 0.3) is 0 Å². The fourth-order valence-electron chi connectivity index (χ4n) is 1.30. The first kappa shape index (κ1) is 15.4. The number of rotatable bonds is 7. The van der Waals surface area contributed by atoms with Gasteiger partial charge in [-0.1, -0.05) is 23.2 Å². The molecule has 1 aromatic carbocycles. The van der Waals surface area contributed by atoms with Crippen LogP contribution in [0, 0.1) is 0 Å². The first-order valence-electron chi connectivity index (χ1n) is 5.68. The predicted molar refractivity (Wildman–Crippen MR) is 72.7 cm³/mol. The van der Waals surface area contributed by atoms with Crippen LogP contribution in [-0.4, -0.2) is 31.7 Å². The highest BCUT2D eigenvalue weighted by atomic mass is 35.5. The van der Waals surface area contributed by atoms with Crippen LogP contribution in [0.15, 0.2) is 18.2 Å². The molecule has 0 atom stereocenters. The highest BCUT2D eigenvalue weighted by Gasteiger charge is 2.10. The van der Waals surface area contributed by atoms with Crippen molar-refractivity contribution in [2.75, 3.05) is 19.8 Å². The second-order valence-corrected chi connectivity index (χ2v) is 4.86. The molecule has 3 nitrogen and oxygen atoms in total. The molecule has 0 fully saturated rings. The molecular formula is C13H16Cl2O3. The third-order valence-corrected chi connectivity index (χ3v) is 2.69. The molecule has 0 heterocycles. The quantitative estimate of drug-likeness (QED) is 0.568. The van der Waals surface area contributed by atoms with Crippen molar-refractivity contribution in [2.45, 2.75) is 20.0 Å². The van der Waals surface area contributed by atoms with Gasteiger partial charge in [0.2, 0.25) is 0 Å². The molecule has 0 saturated carbocycles.